The SMILES string of the molecule is Cn1c(Nc2ccc(Oc3ncccc3-c3ccnc(N)n3)cc2)nnc1-c1ccccc1. The van der Waals surface area contributed by atoms with Gasteiger partial charge in [0.05, 0.1) is 11.3 Å². The number of ether oxygens (including phenoxy) is 1. The van der Waals surface area contributed by atoms with Crippen LogP contribution in [0.4, 0.5) is 17.6 Å². The molecular formula is C24H20N8O. The molecule has 0 aliphatic rings. The first-order valence-electron chi connectivity index (χ1n) is 10.2. The van der Waals surface area contributed by atoms with Gasteiger partial charge in [-0.05, 0) is 42.5 Å². The van der Waals surface area contributed by atoms with Crippen molar-refractivity contribution in [2.45, 2.75) is 0 Å². The fourth-order valence-corrected chi connectivity index (χ4v) is 3.31. The predicted molar refractivity (Wildman–Crippen MR) is 126 cm³/mol. The number of nitrogen functional groups attached to an aromatic ring is 1. The molecule has 0 radical (unpaired) electrons. The van der Waals surface area contributed by atoms with Crippen LogP contribution in [-0.2, 0) is 7.05 Å². The Hall–Kier alpha value is -4.79. The smallest absolute Gasteiger partial charge is 0.229 e. The minimum Gasteiger partial charge on any atom is -0.438 e. The predicted octanol–water partition coefficient (Wildman–Crippen LogP) is 4.45. The molecule has 9 nitrogen and oxygen atoms in total. The number of hydrogen-bond acceptors (Lipinski definition) is 8. The zero-order chi connectivity index (χ0) is 22.6. The summed E-state index contributed by atoms with van der Waals surface area (Å²) in [4.78, 5) is 12.5. The fourth-order valence-electron chi connectivity index (χ4n) is 3.31. The zero-order valence-corrected chi connectivity index (χ0v) is 17.8. The Morgan fingerprint density at radius 2 is 1.67 bits per heavy atom. The Balaban J connectivity index is 1.33. The summed E-state index contributed by atoms with van der Waals surface area (Å²) in [5.74, 6) is 2.67. The number of nitrogens with two attached hydrogens (primary N) is 1. The van der Waals surface area contributed by atoms with E-state index in [9.17, 15) is 0 Å². The molecule has 0 saturated carbocycles. The molecule has 162 valence electrons. The van der Waals surface area contributed by atoms with E-state index in [4.69, 9.17) is 10.5 Å². The van der Waals surface area contributed by atoms with Crippen molar-refractivity contribution in [2.75, 3.05) is 11.1 Å². The molecule has 3 aromatic heterocycles. The number of aromatic nitrogens is 6. The first-order chi connectivity index (χ1) is 16.2. The van der Waals surface area contributed by atoms with Gasteiger partial charge in [0.15, 0.2) is 5.82 Å². The van der Waals surface area contributed by atoms with Crippen LogP contribution < -0.4 is 15.8 Å². The van der Waals surface area contributed by atoms with Gasteiger partial charge in [0.2, 0.25) is 17.8 Å². The number of anilines is 3. The van der Waals surface area contributed by atoms with Crippen molar-refractivity contribution in [1.82, 2.24) is 29.7 Å². The Morgan fingerprint density at radius 1 is 0.848 bits per heavy atom. The molecule has 5 aromatic rings. The molecule has 33 heavy (non-hydrogen) atoms. The van der Waals surface area contributed by atoms with Crippen molar-refractivity contribution in [1.29, 1.82) is 0 Å². The molecule has 0 spiro atoms. The molecule has 9 heteroatoms. The summed E-state index contributed by atoms with van der Waals surface area (Å²) < 4.78 is 7.93. The molecule has 0 atom stereocenters. The van der Waals surface area contributed by atoms with Gasteiger partial charge in [-0.3, -0.25) is 4.57 Å². The number of nitrogens with zero attached hydrogens (tertiary/aromatic N) is 6. The lowest BCUT2D eigenvalue weighted by atomic mass is 10.2. The summed E-state index contributed by atoms with van der Waals surface area (Å²) >= 11 is 0. The normalized spacial score (nSPS) is 10.7. The topological polar surface area (TPSA) is 117 Å². The van der Waals surface area contributed by atoms with E-state index >= 15 is 0 Å². The van der Waals surface area contributed by atoms with Crippen LogP contribution in [-0.4, -0.2) is 29.7 Å². The monoisotopic (exact) mass is 436 g/mol. The van der Waals surface area contributed by atoms with E-state index in [1.54, 1.807) is 18.5 Å². The summed E-state index contributed by atoms with van der Waals surface area (Å²) in [6, 6.07) is 22.9. The van der Waals surface area contributed by atoms with Gasteiger partial charge < -0.3 is 15.8 Å². The van der Waals surface area contributed by atoms with E-state index in [1.807, 2.05) is 78.3 Å². The summed E-state index contributed by atoms with van der Waals surface area (Å²) in [7, 11) is 1.92. The molecule has 0 amide bonds. The maximum Gasteiger partial charge on any atom is 0.229 e. The van der Waals surface area contributed by atoms with E-state index in [0.29, 0.717) is 23.3 Å². The lowest BCUT2D eigenvalue weighted by Gasteiger charge is -2.11. The van der Waals surface area contributed by atoms with Crippen molar-refractivity contribution >= 4 is 17.6 Å². The Labute approximate surface area is 190 Å². The lowest BCUT2D eigenvalue weighted by Crippen LogP contribution is -2.00. The highest BCUT2D eigenvalue weighted by atomic mass is 16.5. The maximum absolute atomic E-state index is 6.02. The number of benzene rings is 2. The molecule has 5 rings (SSSR count). The van der Waals surface area contributed by atoms with Crippen molar-refractivity contribution < 1.29 is 4.74 Å². The highest BCUT2D eigenvalue weighted by Crippen LogP contribution is 2.31. The highest BCUT2D eigenvalue weighted by Gasteiger charge is 2.12. The highest BCUT2D eigenvalue weighted by molar-refractivity contribution is 5.66. The second kappa shape index (κ2) is 8.75. The third kappa shape index (κ3) is 4.33. The molecule has 0 saturated heterocycles. The van der Waals surface area contributed by atoms with Gasteiger partial charge in [-0.15, -0.1) is 10.2 Å². The zero-order valence-electron chi connectivity index (χ0n) is 17.8. The van der Waals surface area contributed by atoms with E-state index in [0.717, 1.165) is 22.6 Å². The molecule has 3 heterocycles. The maximum atomic E-state index is 6.02. The van der Waals surface area contributed by atoms with Gasteiger partial charge >= 0.3 is 0 Å². The van der Waals surface area contributed by atoms with Crippen molar-refractivity contribution in [3.8, 4) is 34.3 Å². The molecule has 0 bridgehead atoms. The van der Waals surface area contributed by atoms with Crippen LogP contribution in [0.3, 0.4) is 0 Å². The van der Waals surface area contributed by atoms with Crippen molar-refractivity contribution in [2.24, 2.45) is 7.05 Å². The van der Waals surface area contributed by atoms with E-state index < -0.39 is 0 Å². The second-order valence-corrected chi connectivity index (χ2v) is 7.18. The standard InChI is InChI=1S/C24H20N8O/c1-32-21(16-6-3-2-4-7-16)30-31-24(32)28-17-9-11-18(12-10-17)33-22-19(8-5-14-26-22)20-13-15-27-23(25)29-20/h2-15H,1H3,(H,28,31)(H2,25,27,29). The van der Waals surface area contributed by atoms with Crippen LogP contribution in [0.2, 0.25) is 0 Å². The van der Waals surface area contributed by atoms with E-state index in [-0.39, 0.29) is 5.95 Å². The van der Waals surface area contributed by atoms with Gasteiger partial charge in [0.1, 0.15) is 5.75 Å². The van der Waals surface area contributed by atoms with E-state index in [2.05, 4.69) is 30.5 Å². The second-order valence-electron chi connectivity index (χ2n) is 7.18. The van der Waals surface area contributed by atoms with Crippen LogP contribution in [0.1, 0.15) is 0 Å². The lowest BCUT2D eigenvalue weighted by molar-refractivity contribution is 0.465. The minimum atomic E-state index is 0.192. The van der Waals surface area contributed by atoms with Crippen LogP contribution in [0, 0.1) is 0 Å². The third-order valence-electron chi connectivity index (χ3n) is 4.95. The van der Waals surface area contributed by atoms with Gasteiger partial charge in [-0.2, -0.15) is 0 Å². The van der Waals surface area contributed by atoms with E-state index in [1.165, 1.54) is 0 Å². The van der Waals surface area contributed by atoms with Crippen molar-refractivity contribution in [3.05, 3.63) is 85.2 Å². The number of pyridine rings is 1. The molecule has 0 fully saturated rings. The first kappa shape index (κ1) is 20.1. The first-order valence-corrected chi connectivity index (χ1v) is 10.2. The third-order valence-corrected chi connectivity index (χ3v) is 4.95. The number of nitrogens with one attached hydrogen (secondary N) is 1. The minimum absolute atomic E-state index is 0.192. The van der Waals surface area contributed by atoms with Gasteiger partial charge in [0.25, 0.3) is 0 Å². The summed E-state index contributed by atoms with van der Waals surface area (Å²) in [6.07, 6.45) is 3.27. The Morgan fingerprint density at radius 3 is 2.45 bits per heavy atom. The molecule has 0 aliphatic carbocycles. The Bertz CT molecular complexity index is 1380. The van der Waals surface area contributed by atoms with Crippen LogP contribution in [0.5, 0.6) is 11.6 Å². The quantitative estimate of drug-likeness (QED) is 0.401. The number of rotatable bonds is 6. The molecule has 2 aromatic carbocycles. The Kier molecular flexibility index (Phi) is 5.34. The summed E-state index contributed by atoms with van der Waals surface area (Å²) in [5.41, 5.74) is 8.93. The van der Waals surface area contributed by atoms with Crippen LogP contribution >= 0.6 is 0 Å². The number of hydrogen-bond donors (Lipinski definition) is 2. The largest absolute Gasteiger partial charge is 0.438 e. The molecular weight excluding hydrogens is 416 g/mol. The molecule has 3 N–H and O–H groups in total. The fraction of sp³-hybridized carbons (Fsp3) is 0.0417. The average molecular weight is 436 g/mol. The van der Waals surface area contributed by atoms with Gasteiger partial charge in [0, 0.05) is 30.7 Å². The summed E-state index contributed by atoms with van der Waals surface area (Å²) in [6.45, 7) is 0. The van der Waals surface area contributed by atoms with Crippen molar-refractivity contribution in [3.63, 3.8) is 0 Å². The molecule has 0 aliphatic heterocycles. The van der Waals surface area contributed by atoms with Crippen LogP contribution in [0.15, 0.2) is 85.2 Å². The average Bonchev–Trinajstić information content (AvgIpc) is 3.21. The summed E-state index contributed by atoms with van der Waals surface area (Å²) in [5, 5.41) is 11.9. The van der Waals surface area contributed by atoms with Gasteiger partial charge in [-0.1, -0.05) is 30.3 Å². The van der Waals surface area contributed by atoms with Crippen LogP contribution in [0.25, 0.3) is 22.6 Å². The molecule has 0 unspecified atom stereocenters. The van der Waals surface area contributed by atoms with Gasteiger partial charge in [-0.25, -0.2) is 15.0 Å².